The van der Waals surface area contributed by atoms with E-state index in [1.165, 1.54) is 0 Å². The predicted molar refractivity (Wildman–Crippen MR) is 97.9 cm³/mol. The van der Waals surface area contributed by atoms with Crippen LogP contribution in [0.4, 0.5) is 17.6 Å². The highest BCUT2D eigenvalue weighted by Gasteiger charge is 2.41. The number of rotatable bonds is 3. The molecular weight excluding hydrogens is 466 g/mol. The lowest BCUT2D eigenvalue weighted by molar-refractivity contribution is -0.154. The van der Waals surface area contributed by atoms with Gasteiger partial charge in [-0.15, -0.1) is 0 Å². The van der Waals surface area contributed by atoms with Gasteiger partial charge < -0.3 is 4.52 Å². The van der Waals surface area contributed by atoms with E-state index in [0.717, 1.165) is 30.0 Å². The summed E-state index contributed by atoms with van der Waals surface area (Å²) in [7, 11) is -3.87. The molecule has 0 bridgehead atoms. The van der Waals surface area contributed by atoms with Gasteiger partial charge in [0, 0.05) is 16.3 Å². The lowest BCUT2D eigenvalue weighted by Gasteiger charge is -2.09. The summed E-state index contributed by atoms with van der Waals surface area (Å²) in [5, 5.41) is 3.54. The number of hydrogen-bond acceptors (Lipinski definition) is 4. The molecule has 10 heteroatoms. The van der Waals surface area contributed by atoms with Gasteiger partial charge in [0.1, 0.15) is 16.4 Å². The second-order valence-electron chi connectivity index (χ2n) is 6.11. The van der Waals surface area contributed by atoms with E-state index in [4.69, 9.17) is 0 Å². The molecule has 0 aliphatic rings. The minimum absolute atomic E-state index is 0.139. The maximum Gasteiger partial charge on any atom is 0.453 e. The lowest BCUT2D eigenvalue weighted by atomic mass is 9.98. The van der Waals surface area contributed by atoms with Crippen molar-refractivity contribution in [1.82, 2.24) is 5.16 Å². The van der Waals surface area contributed by atoms with Crippen LogP contribution in [0.5, 0.6) is 0 Å². The van der Waals surface area contributed by atoms with Crippen LogP contribution in [0.3, 0.4) is 0 Å². The van der Waals surface area contributed by atoms with Crippen molar-refractivity contribution in [3.8, 4) is 22.4 Å². The van der Waals surface area contributed by atoms with Gasteiger partial charge in [0.2, 0.25) is 5.76 Å². The molecule has 28 heavy (non-hydrogen) atoms. The average Bonchev–Trinajstić information content (AvgIpc) is 3.01. The molecule has 0 N–H and O–H groups in total. The van der Waals surface area contributed by atoms with Crippen molar-refractivity contribution in [3.63, 3.8) is 0 Å². The largest absolute Gasteiger partial charge is 0.453 e. The summed E-state index contributed by atoms with van der Waals surface area (Å²) in [6, 6.07) is 7.54. The molecule has 3 rings (SSSR count). The van der Waals surface area contributed by atoms with Crippen LogP contribution in [0.15, 0.2) is 50.3 Å². The number of hydrogen-bond donors (Lipinski definition) is 0. The van der Waals surface area contributed by atoms with E-state index in [9.17, 15) is 26.0 Å². The van der Waals surface area contributed by atoms with Crippen molar-refractivity contribution < 1.29 is 30.5 Å². The van der Waals surface area contributed by atoms with Crippen LogP contribution < -0.4 is 0 Å². The zero-order chi connectivity index (χ0) is 20.9. The van der Waals surface area contributed by atoms with E-state index in [0.29, 0.717) is 10.0 Å². The van der Waals surface area contributed by atoms with Crippen molar-refractivity contribution >= 4 is 25.8 Å². The highest BCUT2D eigenvalue weighted by atomic mass is 79.9. The van der Waals surface area contributed by atoms with Crippen LogP contribution in [0.2, 0.25) is 0 Å². The van der Waals surface area contributed by atoms with Crippen LogP contribution in [0, 0.1) is 12.7 Å². The molecule has 148 valence electrons. The van der Waals surface area contributed by atoms with Gasteiger partial charge in [-0.05, 0) is 36.2 Å². The summed E-state index contributed by atoms with van der Waals surface area (Å²) in [6.45, 7) is 1.80. The monoisotopic (exact) mass is 477 g/mol. The zero-order valence-corrected chi connectivity index (χ0v) is 16.8. The molecule has 1 heterocycles. The third-order valence-corrected chi connectivity index (χ3v) is 6.00. The number of aryl methyl sites for hydroxylation is 1. The Labute approximate surface area is 166 Å². The molecule has 0 radical (unpaired) electrons. The molecule has 0 aliphatic carbocycles. The van der Waals surface area contributed by atoms with E-state index in [2.05, 4.69) is 25.6 Å². The first kappa shape index (κ1) is 20.5. The number of nitrogens with zero attached hydrogens (tertiary/aromatic N) is 1. The Kier molecular flexibility index (Phi) is 5.13. The quantitative estimate of drug-likeness (QED) is 0.458. The van der Waals surface area contributed by atoms with E-state index in [1.807, 2.05) is 0 Å². The first-order chi connectivity index (χ1) is 12.9. The lowest BCUT2D eigenvalue weighted by Crippen LogP contribution is -2.06. The third-order valence-electron chi connectivity index (χ3n) is 4.01. The summed E-state index contributed by atoms with van der Waals surface area (Å²) in [4.78, 5) is -0.610. The molecule has 3 aromatic rings. The Balaban J connectivity index is 2.28. The normalized spacial score (nSPS) is 12.4. The molecule has 0 saturated heterocycles. The van der Waals surface area contributed by atoms with Gasteiger partial charge in [0.15, 0.2) is 9.84 Å². The summed E-state index contributed by atoms with van der Waals surface area (Å²) in [6.07, 6.45) is -4.07. The molecule has 0 unspecified atom stereocenters. The number of aromatic nitrogens is 1. The second kappa shape index (κ2) is 7.00. The molecule has 0 fully saturated rings. The molecule has 0 atom stereocenters. The summed E-state index contributed by atoms with van der Waals surface area (Å²) >= 11 is 3.31. The minimum atomic E-state index is -4.88. The van der Waals surface area contributed by atoms with Gasteiger partial charge in [0.05, 0.1) is 5.56 Å². The topological polar surface area (TPSA) is 60.2 Å². The van der Waals surface area contributed by atoms with Gasteiger partial charge in [-0.25, -0.2) is 12.8 Å². The van der Waals surface area contributed by atoms with E-state index in [1.54, 1.807) is 25.1 Å². The van der Waals surface area contributed by atoms with Gasteiger partial charge in [-0.3, -0.25) is 0 Å². The maximum absolute atomic E-state index is 14.3. The highest BCUT2D eigenvalue weighted by Crippen LogP contribution is 2.43. The second-order valence-corrected chi connectivity index (χ2v) is 8.95. The molecule has 0 aliphatic heterocycles. The smallest absolute Gasteiger partial charge is 0.350 e. The van der Waals surface area contributed by atoms with Crippen molar-refractivity contribution in [2.75, 3.05) is 6.26 Å². The van der Waals surface area contributed by atoms with Crippen molar-refractivity contribution in [3.05, 3.63) is 58.0 Å². The number of benzene rings is 2. The maximum atomic E-state index is 14.3. The molecule has 0 saturated carbocycles. The van der Waals surface area contributed by atoms with Gasteiger partial charge in [-0.2, -0.15) is 13.2 Å². The third kappa shape index (κ3) is 3.83. The van der Waals surface area contributed by atoms with Crippen molar-refractivity contribution in [1.29, 1.82) is 0 Å². The predicted octanol–water partition coefficient (Wildman–Crippen LogP) is 5.64. The summed E-state index contributed by atoms with van der Waals surface area (Å²) in [5.41, 5.74) is 0.361. The fraction of sp³-hybridized carbons (Fsp3) is 0.167. The Morgan fingerprint density at radius 2 is 1.71 bits per heavy atom. The molecule has 0 amide bonds. The minimum Gasteiger partial charge on any atom is -0.350 e. The standard InChI is InChI=1S/C18H12BrF4NO3S/c1-9-3-4-11(7-12(9)19)16-15(17(27-24-16)18(21,22)23)10-5-6-14(13(20)8-10)28(2,25)26/h3-8H,1-2H3. The molecule has 0 spiro atoms. The van der Waals surface area contributed by atoms with Crippen molar-refractivity contribution in [2.45, 2.75) is 18.0 Å². The number of halogens is 5. The molecule has 1 aromatic heterocycles. The molecular formula is C18H12BrF4NO3S. The van der Waals surface area contributed by atoms with Crippen LogP contribution in [0.25, 0.3) is 22.4 Å². The van der Waals surface area contributed by atoms with Crippen molar-refractivity contribution in [2.24, 2.45) is 0 Å². The Bertz CT molecular complexity index is 1170. The van der Waals surface area contributed by atoms with Gasteiger partial charge in [0.25, 0.3) is 0 Å². The Hall–Kier alpha value is -2.20. The zero-order valence-electron chi connectivity index (χ0n) is 14.4. The number of alkyl halides is 3. The molecule has 4 nitrogen and oxygen atoms in total. The average molecular weight is 478 g/mol. The summed E-state index contributed by atoms with van der Waals surface area (Å²) < 4.78 is 83.0. The fourth-order valence-electron chi connectivity index (χ4n) is 2.65. The Morgan fingerprint density at radius 3 is 2.25 bits per heavy atom. The molecule has 2 aromatic carbocycles. The van der Waals surface area contributed by atoms with Crippen LogP contribution in [-0.2, 0) is 16.0 Å². The first-order valence-electron chi connectivity index (χ1n) is 7.73. The Morgan fingerprint density at radius 1 is 1.07 bits per heavy atom. The van der Waals surface area contributed by atoms with E-state index in [-0.39, 0.29) is 11.3 Å². The first-order valence-corrected chi connectivity index (χ1v) is 10.4. The van der Waals surface area contributed by atoms with E-state index >= 15 is 0 Å². The van der Waals surface area contributed by atoms with Crippen LogP contribution in [0.1, 0.15) is 11.3 Å². The van der Waals surface area contributed by atoms with Crippen LogP contribution in [-0.4, -0.2) is 19.8 Å². The van der Waals surface area contributed by atoms with Gasteiger partial charge in [-0.1, -0.05) is 39.3 Å². The summed E-state index contributed by atoms with van der Waals surface area (Å²) in [5.74, 6) is -2.56. The highest BCUT2D eigenvalue weighted by molar-refractivity contribution is 9.10. The van der Waals surface area contributed by atoms with E-state index < -0.39 is 38.0 Å². The SMILES string of the molecule is Cc1ccc(-c2noc(C(F)(F)F)c2-c2ccc(S(C)(=O)=O)c(F)c2)cc1Br. The van der Waals surface area contributed by atoms with Crippen LogP contribution >= 0.6 is 15.9 Å². The number of sulfone groups is 1. The fourth-order valence-corrected chi connectivity index (χ4v) is 3.75. The van der Waals surface area contributed by atoms with Gasteiger partial charge >= 0.3 is 6.18 Å².